The van der Waals surface area contributed by atoms with Crippen molar-refractivity contribution in [3.05, 3.63) is 23.8 Å². The van der Waals surface area contributed by atoms with Gasteiger partial charge in [0.15, 0.2) is 4.75 Å². The highest BCUT2D eigenvalue weighted by Crippen LogP contribution is 2.46. The molecule has 0 aliphatic carbocycles. The monoisotopic (exact) mass is 224 g/mol. The van der Waals surface area contributed by atoms with Gasteiger partial charge < -0.3 is 5.11 Å². The van der Waals surface area contributed by atoms with E-state index < -0.39 is 10.7 Å². The standard InChI is InChI=1S/C10H12N2O2S/c1-7-5-8(12-6-11-7)10(9(13)14)3-2-4-15-10/h5-6H,2-4H2,1H3,(H,13,14). The average molecular weight is 224 g/mol. The fourth-order valence-electron chi connectivity index (χ4n) is 1.80. The Morgan fingerprint density at radius 1 is 1.60 bits per heavy atom. The molecule has 2 rings (SSSR count). The highest BCUT2D eigenvalue weighted by molar-refractivity contribution is 8.01. The number of aliphatic carboxylic acids is 1. The van der Waals surface area contributed by atoms with Crippen molar-refractivity contribution in [2.24, 2.45) is 0 Å². The number of carbonyl (C=O) groups is 1. The van der Waals surface area contributed by atoms with Crippen LogP contribution in [0.5, 0.6) is 0 Å². The number of aromatic nitrogens is 2. The summed E-state index contributed by atoms with van der Waals surface area (Å²) in [7, 11) is 0. The average Bonchev–Trinajstić information content (AvgIpc) is 2.67. The molecular formula is C10H12N2O2S. The molecule has 80 valence electrons. The molecule has 0 bridgehead atoms. The molecule has 1 aromatic heterocycles. The Bertz CT molecular complexity index is 389. The zero-order valence-electron chi connectivity index (χ0n) is 8.43. The van der Waals surface area contributed by atoms with Crippen molar-refractivity contribution < 1.29 is 9.90 Å². The van der Waals surface area contributed by atoms with Crippen LogP contribution < -0.4 is 0 Å². The SMILES string of the molecule is Cc1cc(C2(C(=O)O)CCCS2)ncn1. The minimum absolute atomic E-state index is 0.630. The van der Waals surface area contributed by atoms with E-state index in [1.165, 1.54) is 18.1 Å². The van der Waals surface area contributed by atoms with Crippen LogP contribution in [0.3, 0.4) is 0 Å². The molecule has 1 N–H and O–H groups in total. The molecule has 1 aromatic rings. The van der Waals surface area contributed by atoms with Crippen LogP contribution in [0, 0.1) is 6.92 Å². The quantitative estimate of drug-likeness (QED) is 0.826. The second-order valence-corrected chi connectivity index (χ2v) is 5.02. The summed E-state index contributed by atoms with van der Waals surface area (Å²) in [6, 6.07) is 1.77. The van der Waals surface area contributed by atoms with Crippen molar-refractivity contribution in [1.82, 2.24) is 9.97 Å². The number of nitrogens with zero attached hydrogens (tertiary/aromatic N) is 2. The Morgan fingerprint density at radius 3 is 2.93 bits per heavy atom. The zero-order chi connectivity index (χ0) is 10.9. The van der Waals surface area contributed by atoms with Gasteiger partial charge in [0.05, 0.1) is 5.69 Å². The van der Waals surface area contributed by atoms with Crippen LogP contribution in [0.1, 0.15) is 24.2 Å². The minimum Gasteiger partial charge on any atom is -0.480 e. The van der Waals surface area contributed by atoms with Gasteiger partial charge in [-0.1, -0.05) is 0 Å². The largest absolute Gasteiger partial charge is 0.480 e. The van der Waals surface area contributed by atoms with Gasteiger partial charge in [-0.25, -0.2) is 9.97 Å². The lowest BCUT2D eigenvalue weighted by atomic mass is 9.98. The molecule has 0 spiro atoms. The van der Waals surface area contributed by atoms with Crippen LogP contribution in [-0.2, 0) is 9.54 Å². The van der Waals surface area contributed by atoms with Gasteiger partial charge in [-0.15, -0.1) is 11.8 Å². The van der Waals surface area contributed by atoms with E-state index in [9.17, 15) is 9.90 Å². The number of rotatable bonds is 2. The van der Waals surface area contributed by atoms with Crippen molar-refractivity contribution in [2.75, 3.05) is 5.75 Å². The maximum atomic E-state index is 11.4. The molecule has 1 aliphatic heterocycles. The summed E-state index contributed by atoms with van der Waals surface area (Å²) in [4.78, 5) is 19.4. The van der Waals surface area contributed by atoms with E-state index in [1.54, 1.807) is 6.07 Å². The second-order valence-electron chi connectivity index (χ2n) is 3.63. The van der Waals surface area contributed by atoms with E-state index in [0.717, 1.165) is 17.9 Å². The Labute approximate surface area is 92.1 Å². The molecule has 0 radical (unpaired) electrons. The summed E-state index contributed by atoms with van der Waals surface area (Å²) in [5, 5.41) is 9.33. The third-order valence-corrected chi connectivity index (χ3v) is 4.16. The number of thioether (sulfide) groups is 1. The maximum Gasteiger partial charge on any atom is 0.325 e. The molecule has 0 amide bonds. The predicted molar refractivity (Wildman–Crippen MR) is 57.8 cm³/mol. The Morgan fingerprint density at radius 2 is 2.40 bits per heavy atom. The van der Waals surface area contributed by atoms with E-state index in [1.807, 2.05) is 6.92 Å². The molecule has 2 heterocycles. The lowest BCUT2D eigenvalue weighted by Crippen LogP contribution is -2.30. The molecular weight excluding hydrogens is 212 g/mol. The van der Waals surface area contributed by atoms with Gasteiger partial charge >= 0.3 is 5.97 Å². The summed E-state index contributed by atoms with van der Waals surface area (Å²) >= 11 is 1.47. The van der Waals surface area contributed by atoms with Crippen molar-refractivity contribution in [3.63, 3.8) is 0 Å². The van der Waals surface area contributed by atoms with Gasteiger partial charge in [-0.2, -0.15) is 0 Å². The third kappa shape index (κ3) is 1.71. The number of carboxylic acids is 1. The Hall–Kier alpha value is -1.10. The van der Waals surface area contributed by atoms with Gasteiger partial charge in [-0.3, -0.25) is 4.79 Å². The minimum atomic E-state index is -0.840. The highest BCUT2D eigenvalue weighted by atomic mass is 32.2. The molecule has 0 saturated carbocycles. The summed E-state index contributed by atoms with van der Waals surface area (Å²) in [6.07, 6.45) is 3.03. The number of carboxylic acid groups (broad SMARTS) is 1. The van der Waals surface area contributed by atoms with Crippen molar-refractivity contribution in [2.45, 2.75) is 24.5 Å². The third-order valence-electron chi connectivity index (χ3n) is 2.58. The van der Waals surface area contributed by atoms with Gasteiger partial charge in [-0.05, 0) is 31.6 Å². The van der Waals surface area contributed by atoms with Gasteiger partial charge in [0.25, 0.3) is 0 Å². The fourth-order valence-corrected chi connectivity index (χ4v) is 3.10. The van der Waals surface area contributed by atoms with E-state index in [-0.39, 0.29) is 0 Å². The van der Waals surface area contributed by atoms with Crippen LogP contribution in [0.15, 0.2) is 12.4 Å². The molecule has 4 nitrogen and oxygen atoms in total. The van der Waals surface area contributed by atoms with Crippen LogP contribution in [0.4, 0.5) is 0 Å². The lowest BCUT2D eigenvalue weighted by molar-refractivity contribution is -0.140. The Balaban J connectivity index is 2.45. The van der Waals surface area contributed by atoms with Gasteiger partial charge in [0.2, 0.25) is 0 Å². The first-order valence-electron chi connectivity index (χ1n) is 4.82. The molecule has 1 atom stereocenters. The summed E-state index contributed by atoms with van der Waals surface area (Å²) in [5.41, 5.74) is 1.44. The molecule has 1 unspecified atom stereocenters. The van der Waals surface area contributed by atoms with Crippen LogP contribution in [-0.4, -0.2) is 26.8 Å². The van der Waals surface area contributed by atoms with Crippen molar-refractivity contribution >= 4 is 17.7 Å². The van der Waals surface area contributed by atoms with Crippen LogP contribution >= 0.6 is 11.8 Å². The normalized spacial score (nSPS) is 25.4. The van der Waals surface area contributed by atoms with Crippen molar-refractivity contribution in [1.29, 1.82) is 0 Å². The van der Waals surface area contributed by atoms with E-state index in [0.29, 0.717) is 12.1 Å². The van der Waals surface area contributed by atoms with Crippen molar-refractivity contribution in [3.8, 4) is 0 Å². The molecule has 1 fully saturated rings. The first-order valence-corrected chi connectivity index (χ1v) is 5.80. The smallest absolute Gasteiger partial charge is 0.325 e. The van der Waals surface area contributed by atoms with Crippen LogP contribution in [0.25, 0.3) is 0 Å². The topological polar surface area (TPSA) is 63.1 Å². The molecule has 1 aliphatic rings. The molecule has 5 heteroatoms. The number of hydrogen-bond donors (Lipinski definition) is 1. The van der Waals surface area contributed by atoms with Gasteiger partial charge in [0.1, 0.15) is 6.33 Å². The number of aryl methyl sites for hydroxylation is 1. The van der Waals surface area contributed by atoms with E-state index in [4.69, 9.17) is 0 Å². The Kier molecular flexibility index (Phi) is 2.65. The summed E-state index contributed by atoms with van der Waals surface area (Å²) < 4.78 is -0.840. The molecule has 0 aromatic carbocycles. The number of hydrogen-bond acceptors (Lipinski definition) is 4. The fraction of sp³-hybridized carbons (Fsp3) is 0.500. The first-order chi connectivity index (χ1) is 7.15. The molecule has 15 heavy (non-hydrogen) atoms. The highest BCUT2D eigenvalue weighted by Gasteiger charge is 2.45. The molecule has 1 saturated heterocycles. The maximum absolute atomic E-state index is 11.4. The summed E-state index contributed by atoms with van der Waals surface area (Å²) in [5.74, 6) is 0.0955. The van der Waals surface area contributed by atoms with Crippen LogP contribution in [0.2, 0.25) is 0 Å². The predicted octanol–water partition coefficient (Wildman–Crippen LogP) is 1.59. The summed E-state index contributed by atoms with van der Waals surface area (Å²) in [6.45, 7) is 1.85. The van der Waals surface area contributed by atoms with E-state index in [2.05, 4.69) is 9.97 Å². The van der Waals surface area contributed by atoms with E-state index >= 15 is 0 Å². The first kappa shape index (κ1) is 10.4. The second kappa shape index (κ2) is 3.81. The van der Waals surface area contributed by atoms with Gasteiger partial charge in [0, 0.05) is 5.69 Å². The zero-order valence-corrected chi connectivity index (χ0v) is 9.25. The lowest BCUT2D eigenvalue weighted by Gasteiger charge is -2.21.